The Morgan fingerprint density at radius 2 is 1.92 bits per heavy atom. The SMILES string of the molecule is CCN(Cc1ccc2c(c1)OCO2)C(=O)CSc1ccccc1C(=O)O. The van der Waals surface area contributed by atoms with Crippen molar-refractivity contribution >= 4 is 23.6 Å². The van der Waals surface area contributed by atoms with Gasteiger partial charge in [0.05, 0.1) is 11.3 Å². The van der Waals surface area contributed by atoms with Crippen LogP contribution in [0.5, 0.6) is 11.5 Å². The van der Waals surface area contributed by atoms with Crippen molar-refractivity contribution in [3.8, 4) is 11.5 Å². The quantitative estimate of drug-likeness (QED) is 0.751. The topological polar surface area (TPSA) is 76.1 Å². The van der Waals surface area contributed by atoms with Gasteiger partial charge in [-0.1, -0.05) is 18.2 Å². The lowest BCUT2D eigenvalue weighted by Crippen LogP contribution is -2.31. The van der Waals surface area contributed by atoms with Gasteiger partial charge in [0.1, 0.15) is 0 Å². The number of hydrogen-bond donors (Lipinski definition) is 1. The highest BCUT2D eigenvalue weighted by Crippen LogP contribution is 2.33. The van der Waals surface area contributed by atoms with Gasteiger partial charge in [0.15, 0.2) is 11.5 Å². The van der Waals surface area contributed by atoms with Crippen LogP contribution in [0.4, 0.5) is 0 Å². The van der Waals surface area contributed by atoms with Gasteiger partial charge in [0.2, 0.25) is 12.7 Å². The molecule has 1 N–H and O–H groups in total. The third kappa shape index (κ3) is 4.11. The van der Waals surface area contributed by atoms with Crippen LogP contribution in [0.25, 0.3) is 0 Å². The number of carboxylic acids is 1. The van der Waals surface area contributed by atoms with Crippen LogP contribution in [0.1, 0.15) is 22.8 Å². The van der Waals surface area contributed by atoms with Crippen LogP contribution in [0.15, 0.2) is 47.4 Å². The molecule has 3 rings (SSSR count). The van der Waals surface area contributed by atoms with E-state index in [1.165, 1.54) is 11.8 Å². The Hall–Kier alpha value is -2.67. The summed E-state index contributed by atoms with van der Waals surface area (Å²) in [5.41, 5.74) is 1.17. The molecule has 0 saturated heterocycles. The fourth-order valence-corrected chi connectivity index (χ4v) is 3.58. The van der Waals surface area contributed by atoms with Gasteiger partial charge in [-0.3, -0.25) is 4.79 Å². The predicted molar refractivity (Wildman–Crippen MR) is 97.8 cm³/mol. The van der Waals surface area contributed by atoms with Gasteiger partial charge in [-0.15, -0.1) is 11.8 Å². The first-order chi connectivity index (χ1) is 12.6. The average molecular weight is 373 g/mol. The first-order valence-corrected chi connectivity index (χ1v) is 9.18. The van der Waals surface area contributed by atoms with Crippen molar-refractivity contribution in [2.24, 2.45) is 0 Å². The summed E-state index contributed by atoms with van der Waals surface area (Å²) in [6.45, 7) is 3.16. The number of rotatable bonds is 7. The molecule has 2 aromatic rings. The number of carboxylic acid groups (broad SMARTS) is 1. The van der Waals surface area contributed by atoms with Gasteiger partial charge in [0.25, 0.3) is 0 Å². The fourth-order valence-electron chi connectivity index (χ4n) is 2.64. The molecule has 1 aliphatic rings. The molecule has 7 heteroatoms. The summed E-state index contributed by atoms with van der Waals surface area (Å²) in [5, 5.41) is 9.23. The minimum atomic E-state index is -0.992. The second kappa shape index (κ2) is 8.14. The minimum Gasteiger partial charge on any atom is -0.478 e. The molecule has 0 saturated carbocycles. The number of ether oxygens (including phenoxy) is 2. The molecule has 0 spiro atoms. The van der Waals surface area contributed by atoms with Crippen molar-refractivity contribution in [1.29, 1.82) is 0 Å². The third-order valence-corrected chi connectivity index (χ3v) is 5.07. The summed E-state index contributed by atoms with van der Waals surface area (Å²) < 4.78 is 10.7. The molecule has 0 aromatic heterocycles. The largest absolute Gasteiger partial charge is 0.478 e. The van der Waals surface area contributed by atoms with Crippen LogP contribution in [0.2, 0.25) is 0 Å². The summed E-state index contributed by atoms with van der Waals surface area (Å²) in [7, 11) is 0. The predicted octanol–water partition coefficient (Wildman–Crippen LogP) is 3.25. The first kappa shape index (κ1) is 18.1. The molecular weight excluding hydrogens is 354 g/mol. The summed E-state index contributed by atoms with van der Waals surface area (Å²) in [4.78, 5) is 26.1. The molecule has 0 aliphatic carbocycles. The molecule has 0 fully saturated rings. The highest BCUT2D eigenvalue weighted by Gasteiger charge is 2.18. The van der Waals surface area contributed by atoms with Gasteiger partial charge in [0, 0.05) is 18.0 Å². The Labute approximate surface area is 155 Å². The van der Waals surface area contributed by atoms with Crippen molar-refractivity contribution < 1.29 is 24.2 Å². The van der Waals surface area contributed by atoms with E-state index in [2.05, 4.69) is 0 Å². The lowest BCUT2D eigenvalue weighted by atomic mass is 10.2. The molecule has 136 valence electrons. The molecule has 26 heavy (non-hydrogen) atoms. The van der Waals surface area contributed by atoms with E-state index in [0.717, 1.165) is 5.56 Å². The Balaban J connectivity index is 1.63. The molecule has 1 heterocycles. The Morgan fingerprint density at radius 3 is 2.69 bits per heavy atom. The van der Waals surface area contributed by atoms with Crippen molar-refractivity contribution in [2.75, 3.05) is 19.1 Å². The van der Waals surface area contributed by atoms with E-state index in [9.17, 15) is 14.7 Å². The van der Waals surface area contributed by atoms with Crippen molar-refractivity contribution in [3.05, 3.63) is 53.6 Å². The summed E-state index contributed by atoms with van der Waals surface area (Å²) in [5.74, 6) is 0.547. The maximum Gasteiger partial charge on any atom is 0.336 e. The van der Waals surface area contributed by atoms with Gasteiger partial charge in [-0.25, -0.2) is 4.79 Å². The number of fused-ring (bicyclic) bond motifs is 1. The van der Waals surface area contributed by atoms with E-state index < -0.39 is 5.97 Å². The monoisotopic (exact) mass is 373 g/mol. The van der Waals surface area contributed by atoms with Crippen LogP contribution in [-0.2, 0) is 11.3 Å². The second-order valence-electron chi connectivity index (χ2n) is 5.69. The fraction of sp³-hybridized carbons (Fsp3) is 0.263. The highest BCUT2D eigenvalue weighted by atomic mass is 32.2. The zero-order valence-corrected chi connectivity index (χ0v) is 15.1. The number of hydrogen-bond acceptors (Lipinski definition) is 5. The number of benzene rings is 2. The van der Waals surface area contributed by atoms with Crippen LogP contribution in [0.3, 0.4) is 0 Å². The molecule has 6 nitrogen and oxygen atoms in total. The van der Waals surface area contributed by atoms with Crippen LogP contribution in [-0.4, -0.2) is 41.0 Å². The summed E-state index contributed by atoms with van der Waals surface area (Å²) >= 11 is 1.24. The third-order valence-electron chi connectivity index (χ3n) is 4.01. The first-order valence-electron chi connectivity index (χ1n) is 8.20. The van der Waals surface area contributed by atoms with Gasteiger partial charge in [-0.05, 0) is 36.8 Å². The second-order valence-corrected chi connectivity index (χ2v) is 6.70. The van der Waals surface area contributed by atoms with E-state index >= 15 is 0 Å². The molecular formula is C19H19NO5S. The molecule has 2 aromatic carbocycles. The van der Waals surface area contributed by atoms with E-state index in [-0.39, 0.29) is 24.0 Å². The molecule has 0 bridgehead atoms. The number of nitrogens with zero attached hydrogens (tertiary/aromatic N) is 1. The highest BCUT2D eigenvalue weighted by molar-refractivity contribution is 8.00. The Bertz CT molecular complexity index is 823. The number of thioether (sulfide) groups is 1. The van der Waals surface area contributed by atoms with Gasteiger partial charge in [-0.2, -0.15) is 0 Å². The summed E-state index contributed by atoms with van der Waals surface area (Å²) in [6.07, 6.45) is 0. The maximum absolute atomic E-state index is 12.6. The van der Waals surface area contributed by atoms with E-state index in [0.29, 0.717) is 29.5 Å². The molecule has 1 amide bonds. The van der Waals surface area contributed by atoms with E-state index in [1.54, 1.807) is 29.2 Å². The minimum absolute atomic E-state index is 0.0460. The average Bonchev–Trinajstić information content (AvgIpc) is 3.12. The van der Waals surface area contributed by atoms with Gasteiger partial charge >= 0.3 is 5.97 Å². The molecule has 1 aliphatic heterocycles. The molecule has 0 radical (unpaired) electrons. The zero-order chi connectivity index (χ0) is 18.5. The lowest BCUT2D eigenvalue weighted by Gasteiger charge is -2.21. The van der Waals surface area contributed by atoms with Crippen molar-refractivity contribution in [2.45, 2.75) is 18.4 Å². The lowest BCUT2D eigenvalue weighted by molar-refractivity contribution is -0.128. The number of amides is 1. The zero-order valence-electron chi connectivity index (χ0n) is 14.3. The number of carbonyl (C=O) groups is 2. The van der Waals surface area contributed by atoms with E-state index in [1.807, 2.05) is 25.1 Å². The standard InChI is InChI=1S/C19H19NO5S/c1-2-20(10-13-7-8-15-16(9-13)25-12-24-15)18(21)11-26-17-6-4-3-5-14(17)19(22)23/h3-9H,2,10-12H2,1H3,(H,22,23). The Morgan fingerprint density at radius 1 is 1.15 bits per heavy atom. The van der Waals surface area contributed by atoms with Crippen LogP contribution in [0, 0.1) is 0 Å². The van der Waals surface area contributed by atoms with Crippen LogP contribution < -0.4 is 9.47 Å². The Kier molecular flexibility index (Phi) is 5.68. The van der Waals surface area contributed by atoms with Crippen molar-refractivity contribution in [1.82, 2.24) is 4.90 Å². The van der Waals surface area contributed by atoms with E-state index in [4.69, 9.17) is 9.47 Å². The molecule has 0 atom stereocenters. The van der Waals surface area contributed by atoms with Crippen molar-refractivity contribution in [3.63, 3.8) is 0 Å². The normalized spacial score (nSPS) is 12.0. The smallest absolute Gasteiger partial charge is 0.336 e. The molecule has 0 unspecified atom stereocenters. The maximum atomic E-state index is 12.6. The van der Waals surface area contributed by atoms with Crippen LogP contribution >= 0.6 is 11.8 Å². The van der Waals surface area contributed by atoms with Gasteiger partial charge < -0.3 is 19.5 Å². The number of carbonyl (C=O) groups excluding carboxylic acids is 1. The summed E-state index contributed by atoms with van der Waals surface area (Å²) in [6, 6.07) is 12.3. The number of aromatic carboxylic acids is 1.